The lowest BCUT2D eigenvalue weighted by atomic mass is 10.0. The molecule has 0 aliphatic carbocycles. The molecule has 0 saturated heterocycles. The molecule has 0 spiro atoms. The Bertz CT molecular complexity index is 771. The second kappa shape index (κ2) is 5.38. The van der Waals surface area contributed by atoms with Gasteiger partial charge in [-0.05, 0) is 34.9 Å². The summed E-state index contributed by atoms with van der Waals surface area (Å²) < 4.78 is 0. The van der Waals surface area contributed by atoms with Crippen LogP contribution in [-0.4, -0.2) is 4.98 Å². The predicted octanol–water partition coefficient (Wildman–Crippen LogP) is 4.97. The second-order valence-corrected chi connectivity index (χ2v) is 4.46. The summed E-state index contributed by atoms with van der Waals surface area (Å²) in [6, 6.07) is 21.8. The minimum absolute atomic E-state index is 0.634. The average Bonchev–Trinajstić information content (AvgIpc) is 2.56. The molecule has 0 atom stereocenters. The van der Waals surface area contributed by atoms with Crippen LogP contribution in [0.25, 0.3) is 27.2 Å². The van der Waals surface area contributed by atoms with E-state index in [2.05, 4.69) is 28.0 Å². The molecule has 2 heteroatoms. The third kappa shape index (κ3) is 2.43. The number of pyridine rings is 1. The van der Waals surface area contributed by atoms with Crippen molar-refractivity contribution in [3.8, 4) is 22.4 Å². The first-order chi connectivity index (χ1) is 9.86. The van der Waals surface area contributed by atoms with Gasteiger partial charge in [-0.25, -0.2) is 4.85 Å². The fourth-order valence-electron chi connectivity index (χ4n) is 2.13. The molecule has 2 aromatic carbocycles. The molecule has 0 aliphatic heterocycles. The third-order valence-corrected chi connectivity index (χ3v) is 3.14. The largest absolute Gasteiger partial charge is 0.256 e. The van der Waals surface area contributed by atoms with E-state index in [1.165, 1.54) is 0 Å². The van der Waals surface area contributed by atoms with Crippen LogP contribution in [-0.2, 0) is 0 Å². The normalized spacial score (nSPS) is 9.95. The van der Waals surface area contributed by atoms with Crippen LogP contribution in [0.4, 0.5) is 5.69 Å². The molecular weight excluding hydrogens is 244 g/mol. The van der Waals surface area contributed by atoms with E-state index in [1.54, 1.807) is 6.07 Å². The van der Waals surface area contributed by atoms with Gasteiger partial charge in [0.15, 0.2) is 5.69 Å². The maximum atomic E-state index is 7.08. The Morgan fingerprint density at radius 1 is 0.750 bits per heavy atom. The fourth-order valence-corrected chi connectivity index (χ4v) is 2.13. The summed E-state index contributed by atoms with van der Waals surface area (Å²) in [5, 5.41) is 0. The zero-order valence-electron chi connectivity index (χ0n) is 10.8. The highest BCUT2D eigenvalue weighted by Gasteiger charge is 2.03. The van der Waals surface area contributed by atoms with Crippen molar-refractivity contribution in [3.05, 3.63) is 84.3 Å². The fraction of sp³-hybridized carbons (Fsp3) is 0. The molecule has 0 amide bonds. The van der Waals surface area contributed by atoms with Gasteiger partial charge < -0.3 is 0 Å². The summed E-state index contributed by atoms with van der Waals surface area (Å²) in [5.41, 5.74) is 4.78. The van der Waals surface area contributed by atoms with Gasteiger partial charge in [0.2, 0.25) is 0 Å². The first kappa shape index (κ1) is 12.1. The van der Waals surface area contributed by atoms with Crippen LogP contribution in [0.1, 0.15) is 0 Å². The van der Waals surface area contributed by atoms with E-state index in [9.17, 15) is 0 Å². The SMILES string of the molecule is [C-]#[N+]c1cccc(-c2cc(-c3ccccc3)ccn2)c1. The Balaban J connectivity index is 2.06. The number of rotatable bonds is 2. The molecule has 0 fully saturated rings. The molecule has 0 N–H and O–H groups in total. The molecule has 0 bridgehead atoms. The van der Waals surface area contributed by atoms with E-state index >= 15 is 0 Å². The van der Waals surface area contributed by atoms with E-state index < -0.39 is 0 Å². The van der Waals surface area contributed by atoms with Gasteiger partial charge in [0, 0.05) is 6.20 Å². The van der Waals surface area contributed by atoms with Crippen molar-refractivity contribution in [2.75, 3.05) is 0 Å². The van der Waals surface area contributed by atoms with E-state index in [-0.39, 0.29) is 0 Å². The summed E-state index contributed by atoms with van der Waals surface area (Å²) in [5.74, 6) is 0. The van der Waals surface area contributed by atoms with Gasteiger partial charge in [-0.1, -0.05) is 48.5 Å². The van der Waals surface area contributed by atoms with E-state index in [0.717, 1.165) is 22.4 Å². The number of hydrogen-bond acceptors (Lipinski definition) is 1. The first-order valence-corrected chi connectivity index (χ1v) is 6.36. The van der Waals surface area contributed by atoms with Crippen LogP contribution in [0.15, 0.2) is 72.9 Å². The highest BCUT2D eigenvalue weighted by Crippen LogP contribution is 2.26. The number of nitrogens with zero attached hydrogens (tertiary/aromatic N) is 2. The molecule has 0 unspecified atom stereocenters. The number of aromatic nitrogens is 1. The molecule has 3 rings (SSSR count). The van der Waals surface area contributed by atoms with Crippen LogP contribution >= 0.6 is 0 Å². The van der Waals surface area contributed by atoms with Gasteiger partial charge in [0.1, 0.15) is 0 Å². The van der Waals surface area contributed by atoms with Crippen LogP contribution in [0.2, 0.25) is 0 Å². The smallest absolute Gasteiger partial charge is 0.187 e. The quantitative estimate of drug-likeness (QED) is 0.592. The molecule has 0 saturated carbocycles. The first-order valence-electron chi connectivity index (χ1n) is 6.36. The van der Waals surface area contributed by atoms with Crippen molar-refractivity contribution in [2.24, 2.45) is 0 Å². The highest BCUT2D eigenvalue weighted by molar-refractivity contribution is 5.72. The Morgan fingerprint density at radius 2 is 1.55 bits per heavy atom. The second-order valence-electron chi connectivity index (χ2n) is 4.46. The molecule has 20 heavy (non-hydrogen) atoms. The van der Waals surface area contributed by atoms with Gasteiger partial charge in [0.25, 0.3) is 0 Å². The lowest BCUT2D eigenvalue weighted by Gasteiger charge is -2.05. The van der Waals surface area contributed by atoms with E-state index in [1.807, 2.05) is 48.7 Å². The Kier molecular flexibility index (Phi) is 3.26. The maximum Gasteiger partial charge on any atom is 0.187 e. The molecule has 0 aliphatic rings. The van der Waals surface area contributed by atoms with Crippen molar-refractivity contribution in [3.63, 3.8) is 0 Å². The zero-order valence-corrected chi connectivity index (χ0v) is 10.8. The topological polar surface area (TPSA) is 17.2 Å². The van der Waals surface area contributed by atoms with Gasteiger partial charge in [-0.15, -0.1) is 0 Å². The van der Waals surface area contributed by atoms with Gasteiger partial charge in [0.05, 0.1) is 12.3 Å². The highest BCUT2D eigenvalue weighted by atomic mass is 14.7. The van der Waals surface area contributed by atoms with Crippen molar-refractivity contribution in [1.82, 2.24) is 4.98 Å². The van der Waals surface area contributed by atoms with Crippen molar-refractivity contribution < 1.29 is 0 Å². The van der Waals surface area contributed by atoms with E-state index in [4.69, 9.17) is 6.57 Å². The lowest BCUT2D eigenvalue weighted by molar-refractivity contribution is 1.33. The predicted molar refractivity (Wildman–Crippen MR) is 81.4 cm³/mol. The average molecular weight is 256 g/mol. The van der Waals surface area contributed by atoms with Crippen LogP contribution in [0.5, 0.6) is 0 Å². The molecule has 94 valence electrons. The zero-order chi connectivity index (χ0) is 13.8. The molecule has 3 aromatic rings. The number of hydrogen-bond donors (Lipinski definition) is 0. The summed E-state index contributed by atoms with van der Waals surface area (Å²) in [6.07, 6.45) is 1.81. The van der Waals surface area contributed by atoms with Crippen molar-refractivity contribution in [1.29, 1.82) is 0 Å². The maximum absolute atomic E-state index is 7.08. The van der Waals surface area contributed by atoms with Crippen molar-refractivity contribution >= 4 is 5.69 Å². The van der Waals surface area contributed by atoms with Crippen LogP contribution in [0, 0.1) is 6.57 Å². The third-order valence-electron chi connectivity index (χ3n) is 3.14. The Hall–Kier alpha value is -2.92. The van der Waals surface area contributed by atoms with Gasteiger partial charge in [-0.2, -0.15) is 0 Å². The molecule has 2 nitrogen and oxygen atoms in total. The van der Waals surface area contributed by atoms with Crippen LogP contribution in [0.3, 0.4) is 0 Å². The molecule has 1 heterocycles. The minimum atomic E-state index is 0.634. The molecule has 0 radical (unpaired) electrons. The van der Waals surface area contributed by atoms with Gasteiger partial charge >= 0.3 is 0 Å². The summed E-state index contributed by atoms with van der Waals surface area (Å²) >= 11 is 0. The van der Waals surface area contributed by atoms with Crippen molar-refractivity contribution in [2.45, 2.75) is 0 Å². The Morgan fingerprint density at radius 3 is 2.35 bits per heavy atom. The van der Waals surface area contributed by atoms with Gasteiger partial charge in [-0.3, -0.25) is 4.98 Å². The number of benzene rings is 2. The monoisotopic (exact) mass is 256 g/mol. The van der Waals surface area contributed by atoms with Crippen LogP contribution < -0.4 is 0 Å². The van der Waals surface area contributed by atoms with E-state index in [0.29, 0.717) is 5.69 Å². The summed E-state index contributed by atoms with van der Waals surface area (Å²) in [4.78, 5) is 7.87. The Labute approximate surface area is 118 Å². The minimum Gasteiger partial charge on any atom is -0.256 e. The lowest BCUT2D eigenvalue weighted by Crippen LogP contribution is -1.85. The standard InChI is InChI=1S/C18H12N2/c1-19-17-9-5-8-16(12-17)18-13-15(10-11-20-18)14-6-3-2-4-7-14/h2-13H. The summed E-state index contributed by atoms with van der Waals surface area (Å²) in [7, 11) is 0. The molecule has 1 aromatic heterocycles. The summed E-state index contributed by atoms with van der Waals surface area (Å²) in [6.45, 7) is 7.08. The molecular formula is C18H12N2.